The van der Waals surface area contributed by atoms with Crippen molar-refractivity contribution in [3.63, 3.8) is 0 Å². The van der Waals surface area contributed by atoms with E-state index in [-0.39, 0.29) is 5.75 Å². The summed E-state index contributed by atoms with van der Waals surface area (Å²) in [5.41, 5.74) is 1.55. The zero-order valence-electron chi connectivity index (χ0n) is 9.10. The van der Waals surface area contributed by atoms with Crippen LogP contribution < -0.4 is 5.32 Å². The molecule has 0 atom stereocenters. The summed E-state index contributed by atoms with van der Waals surface area (Å²) >= 11 is 0. The highest BCUT2D eigenvalue weighted by Crippen LogP contribution is 2.14. The van der Waals surface area contributed by atoms with Crippen molar-refractivity contribution in [1.29, 1.82) is 0 Å². The Morgan fingerprint density at radius 1 is 1.31 bits per heavy atom. The number of aryl methyl sites for hydroxylation is 1. The van der Waals surface area contributed by atoms with Crippen LogP contribution in [0.5, 0.6) is 5.75 Å². The molecule has 2 aromatic heterocycles. The number of furan rings is 1. The van der Waals surface area contributed by atoms with E-state index in [9.17, 15) is 5.11 Å². The Labute approximate surface area is 93.9 Å². The zero-order chi connectivity index (χ0) is 11.4. The fourth-order valence-electron chi connectivity index (χ4n) is 1.45. The molecule has 2 rings (SSSR count). The van der Waals surface area contributed by atoms with Crippen LogP contribution in [0.2, 0.25) is 0 Å². The molecule has 0 aliphatic heterocycles. The van der Waals surface area contributed by atoms with Crippen LogP contribution in [0.4, 0.5) is 0 Å². The molecule has 16 heavy (non-hydrogen) atoms. The second-order valence-corrected chi connectivity index (χ2v) is 3.60. The summed E-state index contributed by atoms with van der Waals surface area (Å²) in [6.07, 6.45) is 1.64. The van der Waals surface area contributed by atoms with Gasteiger partial charge >= 0.3 is 0 Å². The van der Waals surface area contributed by atoms with E-state index in [1.54, 1.807) is 18.4 Å². The molecule has 0 unspecified atom stereocenters. The van der Waals surface area contributed by atoms with Crippen LogP contribution in [0, 0.1) is 6.92 Å². The van der Waals surface area contributed by atoms with Gasteiger partial charge in [-0.3, -0.25) is 4.98 Å². The van der Waals surface area contributed by atoms with Gasteiger partial charge < -0.3 is 14.8 Å². The van der Waals surface area contributed by atoms with E-state index in [1.807, 2.05) is 19.1 Å². The lowest BCUT2D eigenvalue weighted by atomic mass is 10.3. The van der Waals surface area contributed by atoms with Crippen LogP contribution in [0.1, 0.15) is 17.1 Å². The van der Waals surface area contributed by atoms with Crippen molar-refractivity contribution >= 4 is 0 Å². The molecule has 0 aromatic carbocycles. The molecule has 0 saturated carbocycles. The first kappa shape index (κ1) is 10.7. The highest BCUT2D eigenvalue weighted by molar-refractivity contribution is 5.27. The number of hydrogen-bond acceptors (Lipinski definition) is 4. The summed E-state index contributed by atoms with van der Waals surface area (Å²) in [4.78, 5) is 4.25. The number of pyridine rings is 1. The number of rotatable bonds is 4. The molecule has 2 N–H and O–H groups in total. The van der Waals surface area contributed by atoms with E-state index in [0.717, 1.165) is 11.5 Å². The predicted molar refractivity (Wildman–Crippen MR) is 59.9 cm³/mol. The van der Waals surface area contributed by atoms with Gasteiger partial charge in [-0.05, 0) is 31.2 Å². The van der Waals surface area contributed by atoms with E-state index in [4.69, 9.17) is 4.42 Å². The van der Waals surface area contributed by atoms with Gasteiger partial charge in [-0.1, -0.05) is 0 Å². The van der Waals surface area contributed by atoms with Crippen molar-refractivity contribution in [2.24, 2.45) is 0 Å². The number of hydrogen-bond donors (Lipinski definition) is 2. The van der Waals surface area contributed by atoms with E-state index in [1.165, 1.54) is 0 Å². The van der Waals surface area contributed by atoms with E-state index >= 15 is 0 Å². The summed E-state index contributed by atoms with van der Waals surface area (Å²) in [6.45, 7) is 3.05. The summed E-state index contributed by atoms with van der Waals surface area (Å²) in [7, 11) is 0. The molecule has 84 valence electrons. The van der Waals surface area contributed by atoms with E-state index < -0.39 is 0 Å². The molecular formula is C12H14N2O2. The van der Waals surface area contributed by atoms with Crippen molar-refractivity contribution in [3.8, 4) is 5.75 Å². The van der Waals surface area contributed by atoms with Gasteiger partial charge in [0.15, 0.2) is 0 Å². The summed E-state index contributed by atoms with van der Waals surface area (Å²) in [6, 6.07) is 7.19. The lowest BCUT2D eigenvalue weighted by Crippen LogP contribution is -2.13. The SMILES string of the molecule is Cc1ccc(O)c(CNCc2ccco2)n1. The maximum absolute atomic E-state index is 9.57. The molecule has 0 spiro atoms. The van der Waals surface area contributed by atoms with Crippen molar-refractivity contribution in [2.45, 2.75) is 20.0 Å². The molecule has 2 heterocycles. The topological polar surface area (TPSA) is 58.3 Å². The Morgan fingerprint density at radius 2 is 2.19 bits per heavy atom. The van der Waals surface area contributed by atoms with Gasteiger partial charge in [0.1, 0.15) is 11.5 Å². The summed E-state index contributed by atoms with van der Waals surface area (Å²) < 4.78 is 5.18. The Balaban J connectivity index is 1.92. The molecule has 0 radical (unpaired) electrons. The molecular weight excluding hydrogens is 204 g/mol. The van der Waals surface area contributed by atoms with Gasteiger partial charge in [0.05, 0.1) is 18.5 Å². The molecule has 0 aliphatic rings. The fourth-order valence-corrected chi connectivity index (χ4v) is 1.45. The molecule has 4 nitrogen and oxygen atoms in total. The number of aromatic nitrogens is 1. The maximum atomic E-state index is 9.57. The molecule has 0 saturated heterocycles. The largest absolute Gasteiger partial charge is 0.506 e. The van der Waals surface area contributed by atoms with Gasteiger partial charge in [-0.25, -0.2) is 0 Å². The van der Waals surface area contributed by atoms with Gasteiger partial charge in [-0.2, -0.15) is 0 Å². The normalized spacial score (nSPS) is 10.6. The van der Waals surface area contributed by atoms with Crippen LogP contribution in [0.3, 0.4) is 0 Å². The minimum Gasteiger partial charge on any atom is -0.506 e. The van der Waals surface area contributed by atoms with Gasteiger partial charge in [-0.15, -0.1) is 0 Å². The van der Waals surface area contributed by atoms with E-state index in [2.05, 4.69) is 10.3 Å². The molecule has 0 fully saturated rings. The standard InChI is InChI=1S/C12H14N2O2/c1-9-4-5-12(15)11(14-9)8-13-7-10-3-2-6-16-10/h2-6,13,15H,7-8H2,1H3. The lowest BCUT2D eigenvalue weighted by molar-refractivity contribution is 0.451. The minimum absolute atomic E-state index is 0.220. The highest BCUT2D eigenvalue weighted by Gasteiger charge is 2.03. The monoisotopic (exact) mass is 218 g/mol. The van der Waals surface area contributed by atoms with Crippen molar-refractivity contribution < 1.29 is 9.52 Å². The summed E-state index contributed by atoms with van der Waals surface area (Å²) in [5.74, 6) is 1.09. The second-order valence-electron chi connectivity index (χ2n) is 3.60. The zero-order valence-corrected chi connectivity index (χ0v) is 9.10. The second kappa shape index (κ2) is 4.81. The average Bonchev–Trinajstić information content (AvgIpc) is 2.76. The first-order valence-corrected chi connectivity index (χ1v) is 5.14. The third-order valence-corrected chi connectivity index (χ3v) is 2.26. The molecule has 0 aliphatic carbocycles. The van der Waals surface area contributed by atoms with Crippen LogP contribution in [-0.2, 0) is 13.1 Å². The number of nitrogens with zero attached hydrogens (tertiary/aromatic N) is 1. The Bertz CT molecular complexity index is 452. The van der Waals surface area contributed by atoms with Gasteiger partial charge in [0.25, 0.3) is 0 Å². The quantitative estimate of drug-likeness (QED) is 0.823. The van der Waals surface area contributed by atoms with Crippen molar-refractivity contribution in [3.05, 3.63) is 47.7 Å². The lowest BCUT2D eigenvalue weighted by Gasteiger charge is -2.05. The fraction of sp³-hybridized carbons (Fsp3) is 0.250. The highest BCUT2D eigenvalue weighted by atomic mass is 16.3. The predicted octanol–water partition coefficient (Wildman–Crippen LogP) is 1.98. The van der Waals surface area contributed by atoms with Crippen LogP contribution >= 0.6 is 0 Å². The number of aromatic hydroxyl groups is 1. The van der Waals surface area contributed by atoms with Gasteiger partial charge in [0, 0.05) is 12.2 Å². The third-order valence-electron chi connectivity index (χ3n) is 2.26. The van der Waals surface area contributed by atoms with Crippen LogP contribution in [0.25, 0.3) is 0 Å². The van der Waals surface area contributed by atoms with Crippen LogP contribution in [-0.4, -0.2) is 10.1 Å². The number of nitrogens with one attached hydrogen (secondary N) is 1. The Kier molecular flexibility index (Phi) is 3.22. The van der Waals surface area contributed by atoms with Gasteiger partial charge in [0.2, 0.25) is 0 Å². The molecule has 4 heteroatoms. The van der Waals surface area contributed by atoms with Crippen LogP contribution in [0.15, 0.2) is 34.9 Å². The third kappa shape index (κ3) is 2.61. The average molecular weight is 218 g/mol. The Morgan fingerprint density at radius 3 is 2.94 bits per heavy atom. The molecule has 0 bridgehead atoms. The Hall–Kier alpha value is -1.81. The maximum Gasteiger partial charge on any atom is 0.138 e. The molecule has 0 amide bonds. The smallest absolute Gasteiger partial charge is 0.138 e. The first-order chi connectivity index (χ1) is 7.75. The first-order valence-electron chi connectivity index (χ1n) is 5.14. The molecule has 2 aromatic rings. The van der Waals surface area contributed by atoms with E-state index in [0.29, 0.717) is 18.8 Å². The summed E-state index contributed by atoms with van der Waals surface area (Å²) in [5, 5.41) is 12.7. The van der Waals surface area contributed by atoms with Crippen molar-refractivity contribution in [2.75, 3.05) is 0 Å². The minimum atomic E-state index is 0.220. The van der Waals surface area contributed by atoms with Crippen molar-refractivity contribution in [1.82, 2.24) is 10.3 Å².